The van der Waals surface area contributed by atoms with E-state index in [9.17, 15) is 45.3 Å². The number of carbonyl (C=O) groups excluding carboxylic acids is 2. The van der Waals surface area contributed by atoms with Crippen LogP contribution in [0.25, 0.3) is 0 Å². The molecule has 352 valence electrons. The number of hydrogen-bond donors (Lipinski definition) is 7. The summed E-state index contributed by atoms with van der Waals surface area (Å²) in [4.78, 5) is 25.5. The second kappa shape index (κ2) is 33.9. The fourth-order valence-electron chi connectivity index (χ4n) is 6.73. The van der Waals surface area contributed by atoms with Gasteiger partial charge >= 0.3 is 11.9 Å². The zero-order valence-electron chi connectivity index (χ0n) is 36.6. The smallest absolute Gasteiger partial charge is 0.306 e. The fraction of sp³-hybridized carbons (Fsp3) is 0.783. The van der Waals surface area contributed by atoms with E-state index in [1.54, 1.807) is 0 Å². The predicted octanol–water partition coefficient (Wildman–Crippen LogP) is 4.76. The lowest BCUT2D eigenvalue weighted by Gasteiger charge is -2.42. The van der Waals surface area contributed by atoms with Crippen LogP contribution in [-0.4, -0.2) is 142 Å². The molecule has 2 aliphatic rings. The zero-order valence-corrected chi connectivity index (χ0v) is 36.6. The van der Waals surface area contributed by atoms with Gasteiger partial charge in [-0.25, -0.2) is 0 Å². The normalized spacial score (nSPS) is 27.8. The molecule has 2 heterocycles. The summed E-state index contributed by atoms with van der Waals surface area (Å²) < 4.78 is 33.3. The summed E-state index contributed by atoms with van der Waals surface area (Å²) in [6, 6.07) is 0. The lowest BCUT2D eigenvalue weighted by atomic mass is 9.98. The first-order valence-corrected chi connectivity index (χ1v) is 22.7. The van der Waals surface area contributed by atoms with E-state index in [1.807, 2.05) is 0 Å². The maximum absolute atomic E-state index is 12.8. The van der Waals surface area contributed by atoms with E-state index in [0.717, 1.165) is 70.6 Å². The van der Waals surface area contributed by atoms with Gasteiger partial charge in [0.2, 0.25) is 0 Å². The average Bonchev–Trinajstić information content (AvgIpc) is 3.25. The summed E-state index contributed by atoms with van der Waals surface area (Å²) in [6.07, 6.45) is 17.5. The van der Waals surface area contributed by atoms with E-state index >= 15 is 0 Å². The average molecular weight is 871 g/mol. The molecule has 11 atom stereocenters. The van der Waals surface area contributed by atoms with Gasteiger partial charge in [0.25, 0.3) is 0 Å². The molecule has 2 saturated heterocycles. The first-order chi connectivity index (χ1) is 29.5. The molecule has 0 aromatic heterocycles. The van der Waals surface area contributed by atoms with Crippen molar-refractivity contribution in [2.24, 2.45) is 0 Å². The summed E-state index contributed by atoms with van der Waals surface area (Å²) in [6.45, 7) is 2.41. The van der Waals surface area contributed by atoms with Gasteiger partial charge in [-0.3, -0.25) is 9.59 Å². The van der Waals surface area contributed by atoms with Gasteiger partial charge in [0.1, 0.15) is 55.4 Å². The Kier molecular flexibility index (Phi) is 30.4. The molecule has 0 saturated carbocycles. The molecule has 0 aliphatic carbocycles. The predicted molar refractivity (Wildman–Crippen MR) is 229 cm³/mol. The Balaban J connectivity index is 1.84. The number of aliphatic hydroxyl groups is 7. The fourth-order valence-corrected chi connectivity index (χ4v) is 6.73. The third-order valence-corrected chi connectivity index (χ3v) is 10.5. The number of rotatable bonds is 33. The SMILES string of the molecule is CCC/C=C/C/C=C/C/C=C/C/C=C/CCCCCC(=O)OC[C@@H](CO[C@@H]1O[C@H](CO[C@@H]2O[C@H](CO)[C@H](O)C(O)C2O)[C@H](O)C(O)C1O)OC(=O)CCCCCCCCCC. The Hall–Kier alpha value is -2.54. The van der Waals surface area contributed by atoms with Gasteiger partial charge in [0.15, 0.2) is 18.7 Å². The van der Waals surface area contributed by atoms with Crippen LogP contribution in [0.2, 0.25) is 0 Å². The van der Waals surface area contributed by atoms with Crippen LogP contribution in [0.5, 0.6) is 0 Å². The molecule has 7 N–H and O–H groups in total. The van der Waals surface area contributed by atoms with Crippen molar-refractivity contribution >= 4 is 11.9 Å². The molecule has 0 radical (unpaired) electrons. The molecule has 0 aromatic carbocycles. The number of esters is 2. The van der Waals surface area contributed by atoms with Crippen LogP contribution in [0.3, 0.4) is 0 Å². The Morgan fingerprint density at radius 3 is 1.61 bits per heavy atom. The number of aliphatic hydroxyl groups excluding tert-OH is 7. The van der Waals surface area contributed by atoms with Gasteiger partial charge in [0.05, 0.1) is 19.8 Å². The first kappa shape index (κ1) is 54.6. The molecule has 0 aromatic rings. The van der Waals surface area contributed by atoms with Gasteiger partial charge in [-0.2, -0.15) is 0 Å². The van der Waals surface area contributed by atoms with E-state index in [1.165, 1.54) is 25.7 Å². The molecule has 4 unspecified atom stereocenters. The van der Waals surface area contributed by atoms with E-state index in [2.05, 4.69) is 62.5 Å². The highest BCUT2D eigenvalue weighted by Crippen LogP contribution is 2.26. The Morgan fingerprint density at radius 1 is 0.525 bits per heavy atom. The second-order valence-electron chi connectivity index (χ2n) is 15.9. The van der Waals surface area contributed by atoms with E-state index in [-0.39, 0.29) is 19.4 Å². The minimum Gasteiger partial charge on any atom is -0.462 e. The van der Waals surface area contributed by atoms with Gasteiger partial charge in [0, 0.05) is 12.8 Å². The molecule has 61 heavy (non-hydrogen) atoms. The van der Waals surface area contributed by atoms with Gasteiger partial charge in [-0.1, -0.05) is 120 Å². The van der Waals surface area contributed by atoms with Crippen molar-refractivity contribution in [2.45, 2.75) is 203 Å². The number of ether oxygens (including phenoxy) is 6. The standard InChI is InChI=1S/C46H78O15/c1-3-5-7-9-11-13-14-15-16-17-18-19-20-21-23-24-26-28-37(48)56-31-34(59-38(49)29-27-25-22-12-10-8-6-4-2)32-57-45-44(55)42(53)40(51)36(61-45)33-58-46-43(54)41(52)39(50)35(30-47)60-46/h7,9,13-14,16-17,19-20,34-36,39-47,50-55H,3-6,8,10-12,15,18,21-33H2,1-2H3/b9-7+,14-13+,17-16+,20-19+/t34-,35+,36+,39-,40-,41?,42?,43?,44?,45+,46+/m0/s1. The Labute approximate surface area is 363 Å². The van der Waals surface area contributed by atoms with Gasteiger partial charge in [-0.15, -0.1) is 0 Å². The van der Waals surface area contributed by atoms with Crippen molar-refractivity contribution in [3.63, 3.8) is 0 Å². The van der Waals surface area contributed by atoms with Crippen LogP contribution in [0.15, 0.2) is 48.6 Å². The van der Waals surface area contributed by atoms with E-state index in [0.29, 0.717) is 12.8 Å². The summed E-state index contributed by atoms with van der Waals surface area (Å²) in [5.41, 5.74) is 0. The highest BCUT2D eigenvalue weighted by atomic mass is 16.7. The minimum absolute atomic E-state index is 0.156. The van der Waals surface area contributed by atoms with Gasteiger partial charge < -0.3 is 64.2 Å². The molecule has 15 nitrogen and oxygen atoms in total. The van der Waals surface area contributed by atoms with Crippen LogP contribution < -0.4 is 0 Å². The van der Waals surface area contributed by atoms with E-state index < -0.39 is 99.3 Å². The van der Waals surface area contributed by atoms with Crippen molar-refractivity contribution < 1.29 is 73.8 Å². The number of allylic oxidation sites excluding steroid dienone is 8. The van der Waals surface area contributed by atoms with Crippen molar-refractivity contribution in [3.8, 4) is 0 Å². The summed E-state index contributed by atoms with van der Waals surface area (Å²) in [5, 5.41) is 71.7. The highest BCUT2D eigenvalue weighted by molar-refractivity contribution is 5.70. The van der Waals surface area contributed by atoms with Crippen molar-refractivity contribution in [1.82, 2.24) is 0 Å². The quantitative estimate of drug-likeness (QED) is 0.0268. The maximum atomic E-state index is 12.8. The molecule has 0 bridgehead atoms. The van der Waals surface area contributed by atoms with Crippen LogP contribution in [0, 0.1) is 0 Å². The third kappa shape index (κ3) is 23.1. The van der Waals surface area contributed by atoms with Crippen molar-refractivity contribution in [2.75, 3.05) is 26.4 Å². The number of carbonyl (C=O) groups is 2. The maximum Gasteiger partial charge on any atom is 0.306 e. The molecule has 2 fully saturated rings. The molecule has 0 spiro atoms. The third-order valence-electron chi connectivity index (χ3n) is 10.5. The molecular formula is C46H78O15. The van der Waals surface area contributed by atoms with Gasteiger partial charge in [-0.05, 0) is 51.4 Å². The Bertz CT molecular complexity index is 1260. The second-order valence-corrected chi connectivity index (χ2v) is 15.9. The van der Waals surface area contributed by atoms with Crippen molar-refractivity contribution in [1.29, 1.82) is 0 Å². The van der Waals surface area contributed by atoms with Crippen LogP contribution in [0.1, 0.15) is 136 Å². The van der Waals surface area contributed by atoms with Crippen LogP contribution in [-0.2, 0) is 38.0 Å². The monoisotopic (exact) mass is 871 g/mol. The zero-order chi connectivity index (χ0) is 44.7. The molecule has 0 amide bonds. The van der Waals surface area contributed by atoms with Crippen LogP contribution >= 0.6 is 0 Å². The lowest BCUT2D eigenvalue weighted by molar-refractivity contribution is -0.332. The summed E-state index contributed by atoms with van der Waals surface area (Å²) in [7, 11) is 0. The molecule has 15 heteroatoms. The number of hydrogen-bond acceptors (Lipinski definition) is 15. The number of unbranched alkanes of at least 4 members (excludes halogenated alkanes) is 11. The molecular weight excluding hydrogens is 792 g/mol. The summed E-state index contributed by atoms with van der Waals surface area (Å²) in [5.74, 6) is -0.970. The largest absolute Gasteiger partial charge is 0.462 e. The highest BCUT2D eigenvalue weighted by Gasteiger charge is 2.47. The first-order valence-electron chi connectivity index (χ1n) is 22.7. The molecule has 2 rings (SSSR count). The Morgan fingerprint density at radius 2 is 1.02 bits per heavy atom. The minimum atomic E-state index is -1.77. The lowest BCUT2D eigenvalue weighted by Crippen LogP contribution is -2.61. The van der Waals surface area contributed by atoms with Crippen molar-refractivity contribution in [3.05, 3.63) is 48.6 Å². The van der Waals surface area contributed by atoms with E-state index in [4.69, 9.17) is 28.4 Å². The molecule has 2 aliphatic heterocycles. The topological polar surface area (TPSA) is 231 Å². The van der Waals surface area contributed by atoms with Crippen LogP contribution in [0.4, 0.5) is 0 Å². The summed E-state index contributed by atoms with van der Waals surface area (Å²) >= 11 is 0.